The summed E-state index contributed by atoms with van der Waals surface area (Å²) in [5, 5.41) is 22.3. The zero-order chi connectivity index (χ0) is 26.6. The molecule has 0 radical (unpaired) electrons. The Bertz CT molecular complexity index is 1540. The lowest BCUT2D eigenvalue weighted by Gasteiger charge is -2.35. The normalized spacial score (nSPS) is 12.8. The number of hydrogen-bond acceptors (Lipinski definition) is 7. The summed E-state index contributed by atoms with van der Waals surface area (Å²) in [5.74, 6) is 1.57. The van der Waals surface area contributed by atoms with Crippen molar-refractivity contribution < 1.29 is 23.8 Å². The lowest BCUT2D eigenvalue weighted by Crippen LogP contribution is -2.54. The molecule has 4 aromatic rings. The van der Waals surface area contributed by atoms with Gasteiger partial charge in [0.1, 0.15) is 11.6 Å². The van der Waals surface area contributed by atoms with Crippen molar-refractivity contribution in [1.82, 2.24) is 24.9 Å². The number of β-amino-alcohol motifs (C(OH)–C–C–N with tert-alkyl or cyclic N) is 1. The van der Waals surface area contributed by atoms with Crippen LogP contribution < -0.4 is 15.4 Å². The first-order valence-electron chi connectivity index (χ1n) is 11.4. The molecule has 1 aliphatic heterocycles. The Morgan fingerprint density at radius 2 is 1.89 bits per heavy atom. The zero-order valence-corrected chi connectivity index (χ0v) is 19.7. The van der Waals surface area contributed by atoms with Crippen molar-refractivity contribution in [2.75, 3.05) is 23.7 Å². The number of rotatable bonds is 6. The highest BCUT2D eigenvalue weighted by atomic mass is 19.1. The summed E-state index contributed by atoms with van der Waals surface area (Å²) in [4.78, 5) is 30.2. The lowest BCUT2D eigenvalue weighted by atomic mass is 10.2. The molecule has 1 aliphatic rings. The molecule has 1 saturated heterocycles. The fraction of sp³-hybridized carbons (Fsp3) is 0.115. The van der Waals surface area contributed by atoms with Crippen LogP contribution in [0.1, 0.15) is 16.1 Å². The van der Waals surface area contributed by atoms with Crippen LogP contribution in [0, 0.1) is 18.2 Å². The molecule has 3 amide bonds. The topological polar surface area (TPSA) is 134 Å². The van der Waals surface area contributed by atoms with Crippen molar-refractivity contribution in [3.05, 3.63) is 84.1 Å². The van der Waals surface area contributed by atoms with E-state index in [0.29, 0.717) is 11.3 Å². The molecule has 0 aliphatic carbocycles. The first-order chi connectivity index (χ1) is 18.4. The minimum atomic E-state index is -0.725. The number of carbonyl (C=O) groups excluding carboxylic acids is 2. The first kappa shape index (κ1) is 24.4. The van der Waals surface area contributed by atoms with Gasteiger partial charge in [0.25, 0.3) is 5.91 Å². The maximum Gasteiger partial charge on any atom is 0.323 e. The minimum absolute atomic E-state index is 0.0332. The molecule has 2 aromatic carbocycles. The van der Waals surface area contributed by atoms with E-state index in [2.05, 4.69) is 31.9 Å². The predicted molar refractivity (Wildman–Crippen MR) is 135 cm³/mol. The number of pyridine rings is 1. The predicted octanol–water partition coefficient (Wildman–Crippen LogP) is 3.04. The highest BCUT2D eigenvalue weighted by Gasteiger charge is 2.29. The third-order valence-electron chi connectivity index (χ3n) is 5.56. The van der Waals surface area contributed by atoms with E-state index >= 15 is 0 Å². The third kappa shape index (κ3) is 5.43. The van der Waals surface area contributed by atoms with Crippen LogP contribution in [-0.4, -0.2) is 61.1 Å². The Balaban J connectivity index is 1.21. The number of nitrogens with zero attached hydrogens (tertiary/aromatic N) is 5. The monoisotopic (exact) mass is 513 g/mol. The van der Waals surface area contributed by atoms with Crippen molar-refractivity contribution in [3.63, 3.8) is 0 Å². The number of hydrogen-bond donors (Lipinski definition) is 3. The van der Waals surface area contributed by atoms with Gasteiger partial charge in [0, 0.05) is 29.6 Å². The van der Waals surface area contributed by atoms with Crippen molar-refractivity contribution in [2.24, 2.45) is 0 Å². The molecule has 5 rings (SSSR count). The molecule has 0 saturated carbocycles. The van der Waals surface area contributed by atoms with Crippen molar-refractivity contribution >= 4 is 23.4 Å². The number of halogens is 1. The van der Waals surface area contributed by atoms with Crippen LogP contribution in [0.25, 0.3) is 5.69 Å². The van der Waals surface area contributed by atoms with E-state index in [-0.39, 0.29) is 41.8 Å². The van der Waals surface area contributed by atoms with E-state index in [1.165, 1.54) is 46.2 Å². The van der Waals surface area contributed by atoms with Gasteiger partial charge >= 0.3 is 6.03 Å². The molecule has 190 valence electrons. The average Bonchev–Trinajstić information content (AvgIpc) is 3.39. The number of benzene rings is 2. The van der Waals surface area contributed by atoms with Crippen LogP contribution in [0.15, 0.2) is 67.0 Å². The molecule has 38 heavy (non-hydrogen) atoms. The smallest absolute Gasteiger partial charge is 0.323 e. The first-order valence-corrected chi connectivity index (χ1v) is 11.4. The molecule has 0 atom stereocenters. The van der Waals surface area contributed by atoms with Crippen LogP contribution in [0.2, 0.25) is 0 Å². The number of ether oxygens (including phenoxy) is 1. The highest BCUT2D eigenvalue weighted by Crippen LogP contribution is 2.28. The van der Waals surface area contributed by atoms with Crippen molar-refractivity contribution in [2.45, 2.75) is 6.10 Å². The van der Waals surface area contributed by atoms with Crippen molar-refractivity contribution in [1.29, 1.82) is 0 Å². The van der Waals surface area contributed by atoms with Gasteiger partial charge in [-0.1, -0.05) is 11.1 Å². The van der Waals surface area contributed by atoms with Crippen LogP contribution in [-0.2, 0) is 0 Å². The van der Waals surface area contributed by atoms with Crippen molar-refractivity contribution in [3.8, 4) is 29.5 Å². The molecule has 11 nitrogen and oxygen atoms in total. The van der Waals surface area contributed by atoms with E-state index < -0.39 is 23.9 Å². The van der Waals surface area contributed by atoms with Gasteiger partial charge in [-0.05, 0) is 42.5 Å². The Kier molecular flexibility index (Phi) is 6.66. The van der Waals surface area contributed by atoms with Gasteiger partial charge in [-0.2, -0.15) is 0 Å². The number of likely N-dealkylation sites (tertiary alicyclic amines) is 1. The van der Waals surface area contributed by atoms with Gasteiger partial charge in [0.15, 0.2) is 17.3 Å². The van der Waals surface area contributed by atoms with E-state index in [0.717, 1.165) is 6.07 Å². The number of urea groups is 1. The van der Waals surface area contributed by atoms with Gasteiger partial charge in [0.2, 0.25) is 0 Å². The standard InChI is InChI=1S/C26H20FN7O4/c1-2-16-3-6-18(7-4-16)34-15-22(31-32-34)25(36)29-17-5-8-23(21(27)11-17)38-20-9-10-28-24(12-20)30-26(37)33-13-19(35)14-33/h1,3-12,15,19,35H,13-14H2,(H,29,36)(H,28,30,37). The zero-order valence-electron chi connectivity index (χ0n) is 19.7. The maximum atomic E-state index is 14.7. The highest BCUT2D eigenvalue weighted by molar-refractivity contribution is 6.02. The van der Waals surface area contributed by atoms with Crippen LogP contribution in [0.4, 0.5) is 20.7 Å². The lowest BCUT2D eigenvalue weighted by molar-refractivity contribution is 0.0308. The quantitative estimate of drug-likeness (QED) is 0.337. The van der Waals surface area contributed by atoms with Crippen LogP contribution in [0.5, 0.6) is 11.5 Å². The van der Waals surface area contributed by atoms with Crippen LogP contribution >= 0.6 is 0 Å². The number of carbonyl (C=O) groups is 2. The molecule has 0 bridgehead atoms. The summed E-state index contributed by atoms with van der Waals surface area (Å²) in [6.45, 7) is 0.491. The van der Waals surface area contributed by atoms with Gasteiger partial charge in [-0.25, -0.2) is 18.9 Å². The largest absolute Gasteiger partial charge is 0.454 e. The van der Waals surface area contributed by atoms with E-state index in [4.69, 9.17) is 11.2 Å². The van der Waals surface area contributed by atoms with Gasteiger partial charge in [-0.15, -0.1) is 11.5 Å². The number of amides is 3. The number of aliphatic hydroxyl groups excluding tert-OH is 1. The molecule has 0 unspecified atom stereocenters. The Morgan fingerprint density at radius 1 is 1.11 bits per heavy atom. The number of anilines is 2. The molecule has 3 N–H and O–H groups in total. The van der Waals surface area contributed by atoms with Crippen LogP contribution in [0.3, 0.4) is 0 Å². The van der Waals surface area contributed by atoms with Gasteiger partial charge in [0.05, 0.1) is 31.1 Å². The average molecular weight is 513 g/mol. The van der Waals surface area contributed by atoms with E-state index in [1.807, 2.05) is 0 Å². The minimum Gasteiger partial charge on any atom is -0.454 e. The Labute approximate surface area is 215 Å². The summed E-state index contributed by atoms with van der Waals surface area (Å²) in [6, 6.07) is 13.4. The summed E-state index contributed by atoms with van der Waals surface area (Å²) in [5.41, 5.74) is 1.60. The van der Waals surface area contributed by atoms with E-state index in [9.17, 15) is 19.1 Å². The van der Waals surface area contributed by atoms with Gasteiger partial charge in [-0.3, -0.25) is 10.1 Å². The summed E-state index contributed by atoms with van der Waals surface area (Å²) in [7, 11) is 0. The SMILES string of the molecule is C#Cc1ccc(-n2cc(C(=O)Nc3ccc(Oc4ccnc(NC(=O)N5CC(O)C5)c4)c(F)c3)nn2)cc1. The number of aromatic nitrogens is 4. The van der Waals surface area contributed by atoms with E-state index in [1.54, 1.807) is 24.3 Å². The second-order valence-corrected chi connectivity index (χ2v) is 8.31. The summed E-state index contributed by atoms with van der Waals surface area (Å²) in [6.07, 6.45) is 7.68. The number of aliphatic hydroxyl groups is 1. The molecule has 1 fully saturated rings. The fourth-order valence-corrected chi connectivity index (χ4v) is 3.54. The molecule has 2 aromatic heterocycles. The molecular weight excluding hydrogens is 493 g/mol. The fourth-order valence-electron chi connectivity index (χ4n) is 3.54. The number of terminal acetylenes is 1. The molecule has 3 heterocycles. The second kappa shape index (κ2) is 10.4. The Hall–Kier alpha value is -5.28. The van der Waals surface area contributed by atoms with Gasteiger partial charge < -0.3 is 20.1 Å². The molecular formula is C26H20FN7O4. The number of nitrogens with one attached hydrogen (secondary N) is 2. The molecule has 12 heteroatoms. The third-order valence-corrected chi connectivity index (χ3v) is 5.56. The summed E-state index contributed by atoms with van der Waals surface area (Å²) >= 11 is 0. The molecule has 0 spiro atoms. The Morgan fingerprint density at radius 3 is 2.61 bits per heavy atom. The summed E-state index contributed by atoms with van der Waals surface area (Å²) < 4.78 is 21.8. The second-order valence-electron chi connectivity index (χ2n) is 8.31. The maximum absolute atomic E-state index is 14.7.